The summed E-state index contributed by atoms with van der Waals surface area (Å²) >= 11 is 0. The number of aliphatic imine (C=N–C) groups is 1. The van der Waals surface area contributed by atoms with Crippen LogP contribution in [0.15, 0.2) is 25.7 Å². The molecule has 4 amide bonds. The van der Waals surface area contributed by atoms with Gasteiger partial charge in [-0.15, -0.1) is 10.2 Å². The van der Waals surface area contributed by atoms with Gasteiger partial charge in [0.05, 0.1) is 0 Å². The van der Waals surface area contributed by atoms with Crippen LogP contribution in [-0.2, 0) is 9.59 Å². The third kappa shape index (κ3) is 1.87. The molecule has 0 saturated carbocycles. The summed E-state index contributed by atoms with van der Waals surface area (Å²) in [5.74, 6) is -2.43. The van der Waals surface area contributed by atoms with E-state index in [0.717, 1.165) is 16.0 Å². The summed E-state index contributed by atoms with van der Waals surface area (Å²) in [7, 11) is 2.59. The molecule has 0 spiro atoms. The Kier molecular flexibility index (Phi) is 2.92. The zero-order valence-corrected chi connectivity index (χ0v) is 9.59. The Morgan fingerprint density at radius 2 is 1.56 bits per heavy atom. The molecule has 0 aromatic carbocycles. The molecule has 18 heavy (non-hydrogen) atoms. The van der Waals surface area contributed by atoms with E-state index in [-0.39, 0.29) is 0 Å². The van der Waals surface area contributed by atoms with Crippen molar-refractivity contribution in [1.82, 2.24) is 9.80 Å². The summed E-state index contributed by atoms with van der Waals surface area (Å²) in [5.41, 5.74) is 0. The first-order chi connectivity index (χ1) is 8.52. The Labute approximate surface area is 101 Å². The minimum Gasteiger partial charge on any atom is -0.273 e. The molecule has 2 aliphatic heterocycles. The number of rotatable bonds is 2. The van der Waals surface area contributed by atoms with Gasteiger partial charge in [0.15, 0.2) is 5.92 Å². The lowest BCUT2D eigenvalue weighted by Gasteiger charge is -2.31. The predicted octanol–water partition coefficient (Wildman–Crippen LogP) is -0.160. The third-order valence-electron chi connectivity index (χ3n) is 2.49. The maximum Gasteiger partial charge on any atom is 0.332 e. The number of hydrogen-bond acceptors (Lipinski definition) is 8. The van der Waals surface area contributed by atoms with Crippen molar-refractivity contribution in [3.8, 4) is 0 Å². The van der Waals surface area contributed by atoms with Gasteiger partial charge in [-0.25, -0.2) is 9.79 Å². The van der Waals surface area contributed by atoms with Crippen molar-refractivity contribution in [3.05, 3.63) is 0 Å². The number of amides is 4. The van der Waals surface area contributed by atoms with Crippen molar-refractivity contribution in [2.24, 2.45) is 31.6 Å². The lowest BCUT2D eigenvalue weighted by molar-refractivity contribution is -0.144. The number of nitrogens with zero attached hydrogens (tertiary/aromatic N) is 7. The smallest absolute Gasteiger partial charge is 0.273 e. The Balaban J connectivity index is 2.18. The van der Waals surface area contributed by atoms with Crippen LogP contribution in [0.25, 0.3) is 0 Å². The molecule has 10 heteroatoms. The summed E-state index contributed by atoms with van der Waals surface area (Å²) in [4.78, 5) is 40.5. The van der Waals surface area contributed by atoms with Crippen molar-refractivity contribution >= 4 is 24.1 Å². The van der Waals surface area contributed by atoms with Gasteiger partial charge in [-0.05, 0) is 10.4 Å². The Hall–Kier alpha value is -2.52. The minimum atomic E-state index is -1.15. The van der Waals surface area contributed by atoms with Gasteiger partial charge in [-0.2, -0.15) is 0 Å². The highest BCUT2D eigenvalue weighted by Crippen LogP contribution is 2.14. The fourth-order valence-corrected chi connectivity index (χ4v) is 1.45. The summed E-state index contributed by atoms with van der Waals surface area (Å²) < 4.78 is 0. The fraction of sp³-hybridized carbons (Fsp3) is 0.500. The lowest BCUT2D eigenvalue weighted by Crippen LogP contribution is -2.57. The van der Waals surface area contributed by atoms with E-state index in [0.29, 0.717) is 0 Å². The first-order valence-corrected chi connectivity index (χ1v) is 4.94. The van der Waals surface area contributed by atoms with Gasteiger partial charge in [-0.3, -0.25) is 19.4 Å². The van der Waals surface area contributed by atoms with E-state index in [1.807, 2.05) is 0 Å². The molecule has 94 valence electrons. The maximum atomic E-state index is 11.8. The van der Waals surface area contributed by atoms with Gasteiger partial charge in [0.1, 0.15) is 0 Å². The average Bonchev–Trinajstić information content (AvgIpc) is 2.87. The van der Waals surface area contributed by atoms with Crippen LogP contribution in [0.2, 0.25) is 0 Å². The van der Waals surface area contributed by atoms with Crippen LogP contribution in [0.4, 0.5) is 4.79 Å². The van der Waals surface area contributed by atoms with Crippen molar-refractivity contribution < 1.29 is 14.4 Å². The molecule has 1 saturated heterocycles. The van der Waals surface area contributed by atoms with Gasteiger partial charge < -0.3 is 0 Å². The van der Waals surface area contributed by atoms with Crippen LogP contribution >= 0.6 is 0 Å². The Bertz CT molecular complexity index is 461. The van der Waals surface area contributed by atoms with Gasteiger partial charge >= 0.3 is 6.03 Å². The van der Waals surface area contributed by atoms with Gasteiger partial charge in [0.2, 0.25) is 11.8 Å². The molecule has 2 aliphatic rings. The summed E-state index contributed by atoms with van der Waals surface area (Å²) in [6, 6.07) is -0.671. The molecule has 10 nitrogen and oxygen atoms in total. The molecule has 0 aromatic rings. The average molecular weight is 251 g/mol. The summed E-state index contributed by atoms with van der Waals surface area (Å²) in [6.45, 7) is 0. The second-order valence-corrected chi connectivity index (χ2v) is 3.61. The van der Waals surface area contributed by atoms with Crippen molar-refractivity contribution in [2.75, 3.05) is 14.1 Å². The highest BCUT2D eigenvalue weighted by Gasteiger charge is 2.41. The predicted molar refractivity (Wildman–Crippen MR) is 56.4 cm³/mol. The standard InChI is InChI=1S/C8H9N7O3/c1-14-5(16)4(6(17)15(2)8(14)18)3-9-7-10-12-13-11-7/h3-4,7H,1-2H3/b9-3+. The van der Waals surface area contributed by atoms with Gasteiger partial charge in [0.25, 0.3) is 6.29 Å². The van der Waals surface area contributed by atoms with Crippen molar-refractivity contribution in [3.63, 3.8) is 0 Å². The van der Waals surface area contributed by atoms with E-state index < -0.39 is 30.1 Å². The van der Waals surface area contributed by atoms with E-state index in [2.05, 4.69) is 25.7 Å². The number of imide groups is 2. The molecule has 0 radical (unpaired) electrons. The largest absolute Gasteiger partial charge is 0.332 e. The Morgan fingerprint density at radius 1 is 1.06 bits per heavy atom. The maximum absolute atomic E-state index is 11.8. The first kappa shape index (κ1) is 12.0. The molecule has 2 rings (SSSR count). The molecule has 0 N–H and O–H groups in total. The highest BCUT2D eigenvalue weighted by molar-refractivity contribution is 6.23. The summed E-state index contributed by atoms with van der Waals surface area (Å²) in [5, 5.41) is 13.5. The van der Waals surface area contributed by atoms with Crippen LogP contribution in [0.5, 0.6) is 0 Å². The topological polar surface area (TPSA) is 119 Å². The third-order valence-corrected chi connectivity index (χ3v) is 2.49. The van der Waals surface area contributed by atoms with Crippen LogP contribution in [-0.4, -0.2) is 54.2 Å². The number of barbiturate groups is 1. The molecule has 0 aromatic heterocycles. The number of carbonyl (C=O) groups is 3. The van der Waals surface area contributed by atoms with Crippen LogP contribution in [0, 0.1) is 5.92 Å². The molecule has 0 bridgehead atoms. The molecule has 0 unspecified atom stereocenters. The molecular formula is C8H9N7O3. The van der Waals surface area contributed by atoms with E-state index in [9.17, 15) is 14.4 Å². The Morgan fingerprint density at radius 3 is 2.06 bits per heavy atom. The molecule has 0 atom stereocenters. The van der Waals surface area contributed by atoms with E-state index >= 15 is 0 Å². The van der Waals surface area contributed by atoms with Gasteiger partial charge in [-0.1, -0.05) is 0 Å². The van der Waals surface area contributed by atoms with E-state index in [1.54, 1.807) is 0 Å². The molecule has 2 heterocycles. The minimum absolute atomic E-state index is 0.640. The first-order valence-electron chi connectivity index (χ1n) is 4.94. The second kappa shape index (κ2) is 4.39. The van der Waals surface area contributed by atoms with Crippen LogP contribution < -0.4 is 0 Å². The lowest BCUT2D eigenvalue weighted by atomic mass is 10.1. The SMILES string of the molecule is CN1C(=O)C(/C=N/C2N=NN=N2)C(=O)N(C)C1=O. The summed E-state index contributed by atoms with van der Waals surface area (Å²) in [6.07, 6.45) is 0.247. The van der Waals surface area contributed by atoms with Crippen LogP contribution in [0.3, 0.4) is 0 Å². The van der Waals surface area contributed by atoms with E-state index in [4.69, 9.17) is 0 Å². The fourth-order valence-electron chi connectivity index (χ4n) is 1.45. The highest BCUT2D eigenvalue weighted by atomic mass is 16.2. The zero-order chi connectivity index (χ0) is 13.3. The van der Waals surface area contributed by atoms with E-state index in [1.165, 1.54) is 14.1 Å². The quantitative estimate of drug-likeness (QED) is 0.500. The van der Waals surface area contributed by atoms with Crippen LogP contribution in [0.1, 0.15) is 0 Å². The second-order valence-electron chi connectivity index (χ2n) is 3.61. The van der Waals surface area contributed by atoms with Crippen molar-refractivity contribution in [1.29, 1.82) is 0 Å². The number of carbonyl (C=O) groups excluding carboxylic acids is 3. The zero-order valence-electron chi connectivity index (χ0n) is 9.59. The number of hydrogen-bond donors (Lipinski definition) is 0. The molecule has 0 aliphatic carbocycles. The number of urea groups is 1. The monoisotopic (exact) mass is 251 g/mol. The normalized spacial score (nSPS) is 22.0. The van der Waals surface area contributed by atoms with Crippen molar-refractivity contribution in [2.45, 2.75) is 6.29 Å². The molecular weight excluding hydrogens is 242 g/mol. The van der Waals surface area contributed by atoms with Gasteiger partial charge in [0, 0.05) is 20.3 Å². The molecule has 1 fully saturated rings.